The zero-order chi connectivity index (χ0) is 19.5. The van der Waals surface area contributed by atoms with E-state index in [2.05, 4.69) is 15.3 Å². The summed E-state index contributed by atoms with van der Waals surface area (Å²) >= 11 is 0. The number of H-pyrrole nitrogens is 1. The fourth-order valence-corrected chi connectivity index (χ4v) is 3.44. The van der Waals surface area contributed by atoms with E-state index in [1.165, 1.54) is 6.07 Å². The molecule has 2 aromatic carbocycles. The molecule has 0 saturated heterocycles. The number of aliphatic imine (C=N–C) groups is 1. The number of ether oxygens (including phenoxy) is 2. The number of guanidine groups is 1. The average Bonchev–Trinajstić information content (AvgIpc) is 3.31. The van der Waals surface area contributed by atoms with Crippen LogP contribution in [-0.4, -0.2) is 43.3 Å². The van der Waals surface area contributed by atoms with Crippen molar-refractivity contribution in [3.63, 3.8) is 0 Å². The van der Waals surface area contributed by atoms with E-state index >= 15 is 0 Å². The molecule has 0 radical (unpaired) electrons. The first-order valence-corrected chi connectivity index (χ1v) is 9.20. The highest BCUT2D eigenvalue weighted by Gasteiger charge is 2.15. The van der Waals surface area contributed by atoms with Crippen LogP contribution in [0.5, 0.6) is 11.5 Å². The molecular weight excluding hydrogens is 486 g/mol. The van der Waals surface area contributed by atoms with Gasteiger partial charge in [-0.1, -0.05) is 6.07 Å². The Morgan fingerprint density at radius 1 is 1.21 bits per heavy atom. The normalized spacial score (nSPS) is 12.7. The molecule has 1 aromatic heterocycles. The lowest BCUT2D eigenvalue weighted by molar-refractivity contribution is 0.174. The molecule has 0 amide bonds. The van der Waals surface area contributed by atoms with E-state index in [-0.39, 0.29) is 36.6 Å². The van der Waals surface area contributed by atoms with Gasteiger partial charge in [-0.2, -0.15) is 0 Å². The molecule has 1 aliphatic rings. The van der Waals surface area contributed by atoms with Gasteiger partial charge in [-0.15, -0.1) is 24.0 Å². The average molecular weight is 510 g/mol. The summed E-state index contributed by atoms with van der Waals surface area (Å²) < 4.78 is 24.3. The van der Waals surface area contributed by atoms with Crippen molar-refractivity contribution < 1.29 is 13.9 Å². The Labute approximate surface area is 186 Å². The second-order valence-corrected chi connectivity index (χ2v) is 6.77. The van der Waals surface area contributed by atoms with Gasteiger partial charge < -0.3 is 24.7 Å². The van der Waals surface area contributed by atoms with Crippen molar-refractivity contribution in [3.05, 3.63) is 59.5 Å². The van der Waals surface area contributed by atoms with Crippen LogP contribution in [0, 0.1) is 5.82 Å². The van der Waals surface area contributed by atoms with Gasteiger partial charge in [0.15, 0.2) is 17.5 Å². The quantitative estimate of drug-likeness (QED) is 0.311. The molecular formula is C21H24FIN4O2. The van der Waals surface area contributed by atoms with Crippen LogP contribution in [0.2, 0.25) is 0 Å². The monoisotopic (exact) mass is 510 g/mol. The van der Waals surface area contributed by atoms with E-state index in [4.69, 9.17) is 9.47 Å². The van der Waals surface area contributed by atoms with Crippen LogP contribution in [0.4, 0.5) is 4.39 Å². The first-order valence-electron chi connectivity index (χ1n) is 9.20. The van der Waals surface area contributed by atoms with Crippen LogP contribution >= 0.6 is 24.0 Å². The summed E-state index contributed by atoms with van der Waals surface area (Å²) in [5.74, 6) is 2.13. The Bertz CT molecular complexity index is 1020. The van der Waals surface area contributed by atoms with Crippen LogP contribution in [0.1, 0.15) is 11.1 Å². The van der Waals surface area contributed by atoms with Gasteiger partial charge in [-0.25, -0.2) is 4.39 Å². The zero-order valence-electron chi connectivity index (χ0n) is 16.4. The molecule has 29 heavy (non-hydrogen) atoms. The third kappa shape index (κ3) is 4.75. The Morgan fingerprint density at radius 2 is 2.03 bits per heavy atom. The number of halogens is 2. The van der Waals surface area contributed by atoms with Gasteiger partial charge in [0.1, 0.15) is 5.82 Å². The zero-order valence-corrected chi connectivity index (χ0v) is 18.7. The minimum absolute atomic E-state index is 0. The molecule has 6 nitrogen and oxygen atoms in total. The topological polar surface area (TPSA) is 61.9 Å². The fraction of sp³-hybridized carbons (Fsp3) is 0.286. The van der Waals surface area contributed by atoms with E-state index in [9.17, 15) is 4.39 Å². The van der Waals surface area contributed by atoms with Gasteiger partial charge in [0.2, 0.25) is 6.79 Å². The fourth-order valence-electron chi connectivity index (χ4n) is 3.44. The number of nitrogens with one attached hydrogen (secondary N) is 2. The van der Waals surface area contributed by atoms with E-state index in [0.29, 0.717) is 13.1 Å². The number of hydrogen-bond acceptors (Lipinski definition) is 3. The lowest BCUT2D eigenvalue weighted by Crippen LogP contribution is -2.39. The molecule has 0 saturated carbocycles. The van der Waals surface area contributed by atoms with E-state index < -0.39 is 0 Å². The van der Waals surface area contributed by atoms with Crippen molar-refractivity contribution in [1.29, 1.82) is 0 Å². The van der Waals surface area contributed by atoms with Gasteiger partial charge in [0, 0.05) is 44.3 Å². The first-order chi connectivity index (χ1) is 13.6. The van der Waals surface area contributed by atoms with Crippen molar-refractivity contribution in [2.75, 3.05) is 27.4 Å². The summed E-state index contributed by atoms with van der Waals surface area (Å²) in [5.41, 5.74) is 3.14. The Morgan fingerprint density at radius 3 is 2.86 bits per heavy atom. The molecule has 2 heterocycles. The summed E-state index contributed by atoms with van der Waals surface area (Å²) in [6.45, 7) is 1.66. The second-order valence-electron chi connectivity index (χ2n) is 6.77. The number of aromatic amines is 1. The van der Waals surface area contributed by atoms with Crippen LogP contribution in [0.15, 0.2) is 47.6 Å². The highest BCUT2D eigenvalue weighted by Crippen LogP contribution is 2.32. The van der Waals surface area contributed by atoms with Crippen LogP contribution < -0.4 is 14.8 Å². The summed E-state index contributed by atoms with van der Waals surface area (Å²) in [5, 5.41) is 4.29. The predicted octanol–water partition coefficient (Wildman–Crippen LogP) is 3.90. The third-order valence-electron chi connectivity index (χ3n) is 4.84. The molecule has 0 atom stereocenters. The molecule has 2 N–H and O–H groups in total. The number of rotatable bonds is 5. The van der Waals surface area contributed by atoms with E-state index in [1.54, 1.807) is 19.2 Å². The molecule has 3 aromatic rings. The number of hydrogen-bond donors (Lipinski definition) is 2. The Kier molecular flexibility index (Phi) is 6.83. The van der Waals surface area contributed by atoms with Crippen LogP contribution in [0.3, 0.4) is 0 Å². The maximum Gasteiger partial charge on any atom is 0.231 e. The van der Waals surface area contributed by atoms with Gasteiger partial charge in [-0.3, -0.25) is 4.99 Å². The lowest BCUT2D eigenvalue weighted by atomic mass is 10.1. The standard InChI is InChI=1S/C21H23FN4O2.HI/c1-23-21(26(2)12-14-3-6-19-20(9-14)28-13-27-19)24-8-7-15-11-25-18-5-4-16(22)10-17(15)18;/h3-6,9-11,25H,7-8,12-13H2,1-2H3,(H,23,24);1H. The van der Waals surface area contributed by atoms with Crippen molar-refractivity contribution in [2.24, 2.45) is 4.99 Å². The lowest BCUT2D eigenvalue weighted by Gasteiger charge is -2.22. The molecule has 4 rings (SSSR count). The molecule has 0 aliphatic carbocycles. The Hall–Kier alpha value is -2.49. The van der Waals surface area contributed by atoms with Crippen molar-refractivity contribution >= 4 is 40.8 Å². The molecule has 1 aliphatic heterocycles. The minimum atomic E-state index is -0.222. The SMILES string of the molecule is CN=C(NCCc1c[nH]c2ccc(F)cc12)N(C)Cc1ccc2c(c1)OCO2.I. The molecule has 0 unspecified atom stereocenters. The number of fused-ring (bicyclic) bond motifs is 2. The first kappa shape index (κ1) is 21.2. The maximum atomic E-state index is 13.5. The smallest absolute Gasteiger partial charge is 0.231 e. The van der Waals surface area contributed by atoms with Crippen LogP contribution in [-0.2, 0) is 13.0 Å². The second kappa shape index (κ2) is 9.34. The Balaban J connectivity index is 0.00000240. The predicted molar refractivity (Wildman–Crippen MR) is 123 cm³/mol. The van der Waals surface area contributed by atoms with Crippen molar-refractivity contribution in [1.82, 2.24) is 15.2 Å². The number of aromatic nitrogens is 1. The van der Waals surface area contributed by atoms with E-state index in [1.807, 2.05) is 36.3 Å². The molecule has 154 valence electrons. The maximum absolute atomic E-state index is 13.5. The van der Waals surface area contributed by atoms with Crippen LogP contribution in [0.25, 0.3) is 10.9 Å². The number of nitrogens with zero attached hydrogens (tertiary/aromatic N) is 2. The third-order valence-corrected chi connectivity index (χ3v) is 4.84. The van der Waals surface area contributed by atoms with Gasteiger partial charge in [0.05, 0.1) is 0 Å². The largest absolute Gasteiger partial charge is 0.454 e. The molecule has 8 heteroatoms. The van der Waals surface area contributed by atoms with Crippen molar-refractivity contribution in [3.8, 4) is 11.5 Å². The summed E-state index contributed by atoms with van der Waals surface area (Å²) in [4.78, 5) is 9.59. The highest BCUT2D eigenvalue weighted by molar-refractivity contribution is 14.0. The van der Waals surface area contributed by atoms with Gasteiger partial charge in [-0.05, 0) is 47.9 Å². The van der Waals surface area contributed by atoms with Crippen molar-refractivity contribution in [2.45, 2.75) is 13.0 Å². The summed E-state index contributed by atoms with van der Waals surface area (Å²) in [7, 11) is 3.75. The summed E-state index contributed by atoms with van der Waals surface area (Å²) in [6, 6.07) is 10.7. The van der Waals surface area contributed by atoms with Gasteiger partial charge in [0.25, 0.3) is 0 Å². The van der Waals surface area contributed by atoms with E-state index in [0.717, 1.165) is 45.9 Å². The minimum Gasteiger partial charge on any atom is -0.454 e. The molecule has 0 fully saturated rings. The number of benzene rings is 2. The summed E-state index contributed by atoms with van der Waals surface area (Å²) in [6.07, 6.45) is 2.70. The van der Waals surface area contributed by atoms with Gasteiger partial charge >= 0.3 is 0 Å². The highest BCUT2D eigenvalue weighted by atomic mass is 127. The molecule has 0 spiro atoms. The molecule has 0 bridgehead atoms.